The van der Waals surface area contributed by atoms with Crippen molar-refractivity contribution in [2.75, 3.05) is 14.1 Å². The third kappa shape index (κ3) is 3.56. The number of hydrogen-bond donors (Lipinski definition) is 1. The first-order chi connectivity index (χ1) is 8.88. The van der Waals surface area contributed by atoms with Gasteiger partial charge in [-0.25, -0.2) is 4.79 Å². The van der Waals surface area contributed by atoms with Gasteiger partial charge in [0, 0.05) is 26.6 Å². The van der Waals surface area contributed by atoms with E-state index in [0.29, 0.717) is 6.42 Å². The first kappa shape index (κ1) is 15.2. The summed E-state index contributed by atoms with van der Waals surface area (Å²) >= 11 is 0. The Morgan fingerprint density at radius 1 is 1.42 bits per heavy atom. The predicted molar refractivity (Wildman–Crippen MR) is 71.4 cm³/mol. The number of rotatable bonds is 3. The second-order valence-electron chi connectivity index (χ2n) is 4.82. The molecule has 0 spiro atoms. The zero-order valence-corrected chi connectivity index (χ0v) is 11.8. The number of amides is 4. The summed E-state index contributed by atoms with van der Waals surface area (Å²) in [6.07, 6.45) is 4.32. The van der Waals surface area contributed by atoms with Crippen molar-refractivity contribution >= 4 is 17.8 Å². The van der Waals surface area contributed by atoms with Crippen LogP contribution in [0.2, 0.25) is 0 Å². The van der Waals surface area contributed by atoms with Crippen LogP contribution in [0.4, 0.5) is 4.79 Å². The van der Waals surface area contributed by atoms with E-state index in [0.717, 1.165) is 0 Å². The first-order valence-corrected chi connectivity index (χ1v) is 6.34. The Labute approximate surface area is 113 Å². The highest BCUT2D eigenvalue weighted by Crippen LogP contribution is 2.17. The van der Waals surface area contributed by atoms with Crippen LogP contribution in [0.3, 0.4) is 0 Å². The molecule has 0 aromatic rings. The maximum atomic E-state index is 12.2. The van der Waals surface area contributed by atoms with Crippen molar-refractivity contribution in [1.82, 2.24) is 15.1 Å². The van der Waals surface area contributed by atoms with Crippen LogP contribution in [-0.2, 0) is 9.59 Å². The number of carbonyl (C=O) groups excluding carboxylic acids is 3. The zero-order chi connectivity index (χ0) is 14.6. The lowest BCUT2D eigenvalue weighted by atomic mass is 10.0. The van der Waals surface area contributed by atoms with Crippen molar-refractivity contribution in [3.8, 4) is 0 Å². The fourth-order valence-corrected chi connectivity index (χ4v) is 2.14. The number of hydrogen-bond acceptors (Lipinski definition) is 3. The highest BCUT2D eigenvalue weighted by molar-refractivity contribution is 6.01. The van der Waals surface area contributed by atoms with Crippen molar-refractivity contribution < 1.29 is 14.4 Å². The topological polar surface area (TPSA) is 69.7 Å². The molecule has 6 nitrogen and oxygen atoms in total. The lowest BCUT2D eigenvalue weighted by Crippen LogP contribution is -2.58. The molecule has 19 heavy (non-hydrogen) atoms. The third-order valence-corrected chi connectivity index (χ3v) is 3.06. The van der Waals surface area contributed by atoms with Gasteiger partial charge in [0.2, 0.25) is 11.8 Å². The van der Waals surface area contributed by atoms with Crippen LogP contribution >= 0.6 is 0 Å². The fourth-order valence-electron chi connectivity index (χ4n) is 2.14. The summed E-state index contributed by atoms with van der Waals surface area (Å²) in [7, 11) is 3.28. The van der Waals surface area contributed by atoms with Gasteiger partial charge < -0.3 is 9.80 Å². The summed E-state index contributed by atoms with van der Waals surface area (Å²) in [4.78, 5) is 38.3. The lowest BCUT2D eigenvalue weighted by Gasteiger charge is -2.37. The van der Waals surface area contributed by atoms with E-state index >= 15 is 0 Å². The maximum absolute atomic E-state index is 12.2. The number of urea groups is 1. The molecule has 0 saturated carbocycles. The van der Waals surface area contributed by atoms with Gasteiger partial charge in [-0.15, -0.1) is 0 Å². The smallest absolute Gasteiger partial charge is 0.320 e. The van der Waals surface area contributed by atoms with Crippen molar-refractivity contribution in [1.29, 1.82) is 0 Å². The molecule has 1 fully saturated rings. The summed E-state index contributed by atoms with van der Waals surface area (Å²) in [5.41, 5.74) is 0. The van der Waals surface area contributed by atoms with Crippen molar-refractivity contribution in [2.24, 2.45) is 0 Å². The molecular formula is C13H21N3O3. The SMILES string of the molecule is C/C=C\C(C)N(C(=O)N(C)C)C1CCC(=O)NC1=O. The van der Waals surface area contributed by atoms with Gasteiger partial charge in [0.15, 0.2) is 0 Å². The zero-order valence-electron chi connectivity index (χ0n) is 11.8. The summed E-state index contributed by atoms with van der Waals surface area (Å²) < 4.78 is 0. The Morgan fingerprint density at radius 3 is 2.53 bits per heavy atom. The molecule has 0 bridgehead atoms. The second kappa shape index (κ2) is 6.36. The average molecular weight is 267 g/mol. The van der Waals surface area contributed by atoms with Gasteiger partial charge in [-0.1, -0.05) is 12.2 Å². The van der Waals surface area contributed by atoms with Crippen LogP contribution in [0.1, 0.15) is 26.7 Å². The van der Waals surface area contributed by atoms with E-state index in [2.05, 4.69) is 5.32 Å². The molecule has 0 radical (unpaired) electrons. The summed E-state index contributed by atoms with van der Waals surface area (Å²) in [5, 5.41) is 2.29. The third-order valence-electron chi connectivity index (χ3n) is 3.06. The van der Waals surface area contributed by atoms with Gasteiger partial charge in [0.1, 0.15) is 6.04 Å². The maximum Gasteiger partial charge on any atom is 0.320 e. The Balaban J connectivity index is 2.99. The minimum Gasteiger partial charge on any atom is -0.331 e. The van der Waals surface area contributed by atoms with Gasteiger partial charge in [-0.2, -0.15) is 0 Å². The molecule has 1 rings (SSSR count). The fraction of sp³-hybridized carbons (Fsp3) is 0.615. The standard InChI is InChI=1S/C13H21N3O3/c1-5-6-9(2)16(13(19)15(3)4)10-7-8-11(17)14-12(10)18/h5-6,9-10H,7-8H2,1-4H3,(H,14,17,18)/b6-5-. The van der Waals surface area contributed by atoms with E-state index in [4.69, 9.17) is 0 Å². The average Bonchev–Trinajstić information content (AvgIpc) is 2.32. The van der Waals surface area contributed by atoms with Crippen molar-refractivity contribution in [3.63, 3.8) is 0 Å². The van der Waals surface area contributed by atoms with Crippen molar-refractivity contribution in [2.45, 2.75) is 38.8 Å². The molecule has 2 unspecified atom stereocenters. The van der Waals surface area contributed by atoms with Gasteiger partial charge in [0.25, 0.3) is 0 Å². The molecule has 2 atom stereocenters. The van der Waals surface area contributed by atoms with Crippen LogP contribution in [0, 0.1) is 0 Å². The van der Waals surface area contributed by atoms with Crippen LogP contribution in [-0.4, -0.2) is 53.8 Å². The Morgan fingerprint density at radius 2 is 2.05 bits per heavy atom. The quantitative estimate of drug-likeness (QED) is 0.605. The molecule has 0 aromatic carbocycles. The van der Waals surface area contributed by atoms with Crippen LogP contribution in [0.5, 0.6) is 0 Å². The monoisotopic (exact) mass is 267 g/mol. The minimum absolute atomic E-state index is 0.205. The van der Waals surface area contributed by atoms with Crippen LogP contribution in [0.25, 0.3) is 0 Å². The van der Waals surface area contributed by atoms with E-state index in [1.54, 1.807) is 14.1 Å². The Hall–Kier alpha value is -1.85. The number of imide groups is 1. The number of nitrogens with zero attached hydrogens (tertiary/aromatic N) is 2. The summed E-state index contributed by atoms with van der Waals surface area (Å²) in [5.74, 6) is -0.681. The summed E-state index contributed by atoms with van der Waals surface area (Å²) in [6.45, 7) is 3.71. The lowest BCUT2D eigenvalue weighted by molar-refractivity contribution is -0.137. The van der Waals surface area contributed by atoms with Gasteiger partial charge >= 0.3 is 6.03 Å². The number of piperidine rings is 1. The molecular weight excluding hydrogens is 246 g/mol. The van der Waals surface area contributed by atoms with Crippen molar-refractivity contribution in [3.05, 3.63) is 12.2 Å². The molecule has 4 amide bonds. The molecule has 1 heterocycles. The predicted octanol–water partition coefficient (Wildman–Crippen LogP) is 0.740. The minimum atomic E-state index is -0.598. The number of allylic oxidation sites excluding steroid dienone is 1. The van der Waals surface area contributed by atoms with E-state index in [1.165, 1.54) is 9.80 Å². The molecule has 0 aromatic heterocycles. The Bertz CT molecular complexity index is 404. The highest BCUT2D eigenvalue weighted by atomic mass is 16.2. The van der Waals surface area contributed by atoms with Gasteiger partial charge in [-0.05, 0) is 20.3 Å². The summed E-state index contributed by atoms with van der Waals surface area (Å²) in [6, 6.07) is -1.04. The van der Waals surface area contributed by atoms with E-state index in [9.17, 15) is 14.4 Å². The van der Waals surface area contributed by atoms with E-state index < -0.39 is 11.9 Å². The Kier molecular flexibility index (Phi) is 5.09. The molecule has 6 heteroatoms. The second-order valence-corrected chi connectivity index (χ2v) is 4.82. The van der Waals surface area contributed by atoms with Gasteiger partial charge in [-0.3, -0.25) is 14.9 Å². The normalized spacial score (nSPS) is 21.2. The van der Waals surface area contributed by atoms with Crippen LogP contribution < -0.4 is 5.32 Å². The largest absolute Gasteiger partial charge is 0.331 e. The molecule has 1 aliphatic heterocycles. The molecule has 1 saturated heterocycles. The van der Waals surface area contributed by atoms with Crippen LogP contribution in [0.15, 0.2) is 12.2 Å². The molecule has 1 aliphatic rings. The van der Waals surface area contributed by atoms with Gasteiger partial charge in [0.05, 0.1) is 0 Å². The molecule has 0 aliphatic carbocycles. The van der Waals surface area contributed by atoms with E-state index in [-0.39, 0.29) is 24.4 Å². The molecule has 106 valence electrons. The number of carbonyl (C=O) groups is 3. The molecule has 1 N–H and O–H groups in total. The first-order valence-electron chi connectivity index (χ1n) is 6.34. The highest BCUT2D eigenvalue weighted by Gasteiger charge is 2.36. The van der Waals surface area contributed by atoms with E-state index in [1.807, 2.05) is 26.0 Å². The number of nitrogens with one attached hydrogen (secondary N) is 1.